The molecule has 2 aliphatic rings. The number of aromatic nitrogens is 2. The molecule has 3 heterocycles. The van der Waals surface area contributed by atoms with Crippen LogP contribution in [0.15, 0.2) is 41.3 Å². The van der Waals surface area contributed by atoms with Gasteiger partial charge in [0.05, 0.1) is 16.3 Å². The Balaban J connectivity index is 1.41. The Morgan fingerprint density at radius 1 is 1.13 bits per heavy atom. The monoisotopic (exact) mass is 444 g/mol. The van der Waals surface area contributed by atoms with Crippen LogP contribution in [0.5, 0.6) is 0 Å². The molecule has 8 nitrogen and oxygen atoms in total. The Hall–Kier alpha value is -2.68. The van der Waals surface area contributed by atoms with Crippen molar-refractivity contribution in [2.45, 2.75) is 43.0 Å². The molecule has 1 aromatic carbocycles. The minimum atomic E-state index is -3.48. The predicted molar refractivity (Wildman–Crippen MR) is 115 cm³/mol. The average molecular weight is 445 g/mol. The Morgan fingerprint density at radius 3 is 2.68 bits per heavy atom. The zero-order chi connectivity index (χ0) is 22.0. The number of piperidine rings is 1. The summed E-state index contributed by atoms with van der Waals surface area (Å²) >= 11 is 0. The van der Waals surface area contributed by atoms with Gasteiger partial charge in [-0.2, -0.15) is 5.10 Å². The lowest BCUT2D eigenvalue weighted by Gasteiger charge is -2.32. The van der Waals surface area contributed by atoms with Crippen molar-refractivity contribution in [1.29, 1.82) is 0 Å². The van der Waals surface area contributed by atoms with E-state index in [1.807, 2.05) is 6.07 Å². The second kappa shape index (κ2) is 8.82. The van der Waals surface area contributed by atoms with Gasteiger partial charge in [-0.3, -0.25) is 14.3 Å². The van der Waals surface area contributed by atoms with Gasteiger partial charge in [0.1, 0.15) is 5.69 Å². The number of hydrogen-bond donors (Lipinski definition) is 0. The SMILES string of the molecule is CN1CCCn2nc(C3CCCN(C(=O)CCS(=O)(=O)c4ccccc4)C3)cc2C1=O. The number of fused-ring (bicyclic) bond motifs is 1. The summed E-state index contributed by atoms with van der Waals surface area (Å²) in [7, 11) is -1.68. The Morgan fingerprint density at radius 2 is 1.90 bits per heavy atom. The van der Waals surface area contributed by atoms with Crippen LogP contribution in [0.4, 0.5) is 0 Å². The normalized spacial score (nSPS) is 19.8. The molecule has 2 aromatic rings. The van der Waals surface area contributed by atoms with Crippen molar-refractivity contribution in [1.82, 2.24) is 19.6 Å². The van der Waals surface area contributed by atoms with Crippen LogP contribution in [-0.4, -0.2) is 72.2 Å². The van der Waals surface area contributed by atoms with Gasteiger partial charge in [-0.05, 0) is 37.5 Å². The fraction of sp³-hybridized carbons (Fsp3) is 0.500. The minimum Gasteiger partial charge on any atom is -0.342 e. The maximum Gasteiger partial charge on any atom is 0.271 e. The van der Waals surface area contributed by atoms with E-state index in [4.69, 9.17) is 0 Å². The molecule has 1 atom stereocenters. The molecule has 1 fully saturated rings. The molecule has 166 valence electrons. The summed E-state index contributed by atoms with van der Waals surface area (Å²) in [6.45, 7) is 2.55. The summed E-state index contributed by atoms with van der Waals surface area (Å²) < 4.78 is 26.8. The van der Waals surface area contributed by atoms with Crippen molar-refractivity contribution in [2.24, 2.45) is 0 Å². The van der Waals surface area contributed by atoms with E-state index in [0.29, 0.717) is 25.3 Å². The molecule has 0 spiro atoms. The van der Waals surface area contributed by atoms with Gasteiger partial charge in [0.15, 0.2) is 9.84 Å². The van der Waals surface area contributed by atoms with Crippen molar-refractivity contribution in [3.63, 3.8) is 0 Å². The first-order valence-corrected chi connectivity index (χ1v) is 12.4. The van der Waals surface area contributed by atoms with E-state index in [-0.39, 0.29) is 34.8 Å². The number of carbonyl (C=O) groups is 2. The third-order valence-electron chi connectivity index (χ3n) is 6.11. The predicted octanol–water partition coefficient (Wildman–Crippen LogP) is 1.93. The number of nitrogens with zero attached hydrogens (tertiary/aromatic N) is 4. The topological polar surface area (TPSA) is 92.6 Å². The Kier molecular flexibility index (Phi) is 6.13. The highest BCUT2D eigenvalue weighted by Gasteiger charge is 2.30. The average Bonchev–Trinajstić information content (AvgIpc) is 3.16. The van der Waals surface area contributed by atoms with Crippen molar-refractivity contribution in [3.05, 3.63) is 47.8 Å². The minimum absolute atomic E-state index is 0.0221. The van der Waals surface area contributed by atoms with Gasteiger partial charge in [0.25, 0.3) is 5.91 Å². The van der Waals surface area contributed by atoms with Crippen LogP contribution in [0.1, 0.15) is 47.8 Å². The smallest absolute Gasteiger partial charge is 0.271 e. The van der Waals surface area contributed by atoms with E-state index in [1.165, 1.54) is 0 Å². The molecule has 1 unspecified atom stereocenters. The highest BCUT2D eigenvalue weighted by Crippen LogP contribution is 2.28. The highest BCUT2D eigenvalue weighted by atomic mass is 32.2. The van der Waals surface area contributed by atoms with E-state index in [1.54, 1.807) is 51.9 Å². The van der Waals surface area contributed by atoms with Crippen LogP contribution in [-0.2, 0) is 21.2 Å². The van der Waals surface area contributed by atoms with E-state index >= 15 is 0 Å². The fourth-order valence-electron chi connectivity index (χ4n) is 4.30. The lowest BCUT2D eigenvalue weighted by molar-refractivity contribution is -0.132. The largest absolute Gasteiger partial charge is 0.342 e. The zero-order valence-electron chi connectivity index (χ0n) is 17.7. The number of likely N-dealkylation sites (tertiary alicyclic amines) is 1. The molecule has 0 aliphatic carbocycles. The number of carbonyl (C=O) groups excluding carboxylic acids is 2. The van der Waals surface area contributed by atoms with Crippen molar-refractivity contribution in [3.8, 4) is 0 Å². The number of amides is 2. The van der Waals surface area contributed by atoms with Crippen LogP contribution in [0.3, 0.4) is 0 Å². The molecule has 4 rings (SSSR count). The third kappa shape index (κ3) is 4.66. The Bertz CT molecular complexity index is 1060. The number of aryl methyl sites for hydroxylation is 1. The van der Waals surface area contributed by atoms with Gasteiger partial charge in [0, 0.05) is 45.6 Å². The molecule has 0 N–H and O–H groups in total. The van der Waals surface area contributed by atoms with Gasteiger partial charge in [0.2, 0.25) is 5.91 Å². The van der Waals surface area contributed by atoms with Gasteiger partial charge in [-0.15, -0.1) is 0 Å². The number of rotatable bonds is 5. The molecule has 9 heteroatoms. The molecule has 31 heavy (non-hydrogen) atoms. The molecular weight excluding hydrogens is 416 g/mol. The molecular formula is C22H28N4O4S. The summed E-state index contributed by atoms with van der Waals surface area (Å²) in [5, 5.41) is 4.67. The summed E-state index contributed by atoms with van der Waals surface area (Å²) in [6, 6.07) is 10.1. The van der Waals surface area contributed by atoms with Crippen LogP contribution in [0, 0.1) is 0 Å². The van der Waals surface area contributed by atoms with Crippen LogP contribution in [0.25, 0.3) is 0 Å². The molecule has 0 saturated carbocycles. The first-order valence-electron chi connectivity index (χ1n) is 10.7. The van der Waals surface area contributed by atoms with Gasteiger partial charge >= 0.3 is 0 Å². The van der Waals surface area contributed by atoms with E-state index in [9.17, 15) is 18.0 Å². The van der Waals surface area contributed by atoms with Gasteiger partial charge in [-0.1, -0.05) is 18.2 Å². The summed E-state index contributed by atoms with van der Waals surface area (Å²) in [6.07, 6.45) is 2.55. The highest BCUT2D eigenvalue weighted by molar-refractivity contribution is 7.91. The quantitative estimate of drug-likeness (QED) is 0.703. The Labute approximate surface area is 182 Å². The van der Waals surface area contributed by atoms with Crippen molar-refractivity contribution in [2.75, 3.05) is 32.4 Å². The first kappa shape index (κ1) is 21.5. The fourth-order valence-corrected chi connectivity index (χ4v) is 5.55. The maximum atomic E-state index is 12.8. The number of hydrogen-bond acceptors (Lipinski definition) is 5. The molecule has 1 saturated heterocycles. The number of benzene rings is 1. The summed E-state index contributed by atoms with van der Waals surface area (Å²) in [5.74, 6) is -0.316. The van der Waals surface area contributed by atoms with Crippen molar-refractivity contribution < 1.29 is 18.0 Å². The van der Waals surface area contributed by atoms with Gasteiger partial charge < -0.3 is 9.80 Å². The van der Waals surface area contributed by atoms with Gasteiger partial charge in [-0.25, -0.2) is 8.42 Å². The maximum absolute atomic E-state index is 12.8. The molecule has 2 aliphatic heterocycles. The first-order chi connectivity index (χ1) is 14.8. The standard InChI is InChI=1S/C22H28N4O4S/c1-24-11-6-13-26-20(22(24)28)15-19(23-26)17-7-5-12-25(16-17)21(27)10-14-31(29,30)18-8-3-2-4-9-18/h2-4,8-9,15,17H,5-7,10-14,16H2,1H3. The summed E-state index contributed by atoms with van der Waals surface area (Å²) in [4.78, 5) is 29.0. The van der Waals surface area contributed by atoms with E-state index in [0.717, 1.165) is 31.5 Å². The molecule has 0 bridgehead atoms. The third-order valence-corrected chi connectivity index (χ3v) is 7.84. The zero-order valence-corrected chi connectivity index (χ0v) is 18.6. The molecule has 2 amide bonds. The lowest BCUT2D eigenvalue weighted by Crippen LogP contribution is -2.39. The molecule has 1 aromatic heterocycles. The second-order valence-electron chi connectivity index (χ2n) is 8.32. The van der Waals surface area contributed by atoms with Crippen LogP contribution < -0.4 is 0 Å². The van der Waals surface area contributed by atoms with Crippen molar-refractivity contribution >= 4 is 21.7 Å². The van der Waals surface area contributed by atoms with E-state index in [2.05, 4.69) is 5.10 Å². The lowest BCUT2D eigenvalue weighted by atomic mass is 9.94. The van der Waals surface area contributed by atoms with Crippen LogP contribution in [0.2, 0.25) is 0 Å². The second-order valence-corrected chi connectivity index (χ2v) is 10.4. The number of sulfone groups is 1. The summed E-state index contributed by atoms with van der Waals surface area (Å²) in [5.41, 5.74) is 1.44. The molecule has 0 radical (unpaired) electrons. The van der Waals surface area contributed by atoms with Crippen LogP contribution >= 0.6 is 0 Å². The van der Waals surface area contributed by atoms with E-state index < -0.39 is 9.84 Å².